The van der Waals surface area contributed by atoms with Crippen LogP contribution in [0.5, 0.6) is 5.75 Å². The number of nitrogens with zero attached hydrogens (tertiary/aromatic N) is 3. The quantitative estimate of drug-likeness (QED) is 0.607. The average Bonchev–Trinajstić information content (AvgIpc) is 2.58. The highest BCUT2D eigenvalue weighted by molar-refractivity contribution is 6.36. The summed E-state index contributed by atoms with van der Waals surface area (Å²) in [6.07, 6.45) is 1.49. The topological polar surface area (TPSA) is 72.0 Å². The first-order valence-electron chi connectivity index (χ1n) is 7.07. The molecule has 9 heteroatoms. The number of methoxy groups -OCH3 is 1. The minimum absolute atomic E-state index is 0.286. The Balaban J connectivity index is 1.78. The summed E-state index contributed by atoms with van der Waals surface area (Å²) in [4.78, 5) is 4.34. The Hall–Kier alpha value is -2.28. The molecule has 6 nitrogen and oxygen atoms in total. The molecule has 0 aliphatic carbocycles. The zero-order chi connectivity index (χ0) is 17.8. The van der Waals surface area contributed by atoms with Gasteiger partial charge in [-0.2, -0.15) is 10.1 Å². The van der Waals surface area contributed by atoms with Crippen LogP contribution < -0.4 is 15.4 Å². The number of aromatic nitrogens is 3. The number of rotatable bonds is 5. The number of ether oxygens (including phenoxy) is 1. The lowest BCUT2D eigenvalue weighted by molar-refractivity contribution is 0.415. The van der Waals surface area contributed by atoms with E-state index >= 15 is 0 Å². The lowest BCUT2D eigenvalue weighted by Crippen LogP contribution is -2.02. The SMILES string of the molecule is COc1ccc(Nc2cnnc(Nc3ccc(Cl)cc3Cl)n2)cc1Cl. The smallest absolute Gasteiger partial charge is 0.249 e. The van der Waals surface area contributed by atoms with Gasteiger partial charge in [-0.1, -0.05) is 34.8 Å². The highest BCUT2D eigenvalue weighted by Gasteiger charge is 2.07. The Morgan fingerprint density at radius 2 is 1.80 bits per heavy atom. The molecule has 2 aromatic carbocycles. The molecule has 128 valence electrons. The molecule has 3 aromatic rings. The van der Waals surface area contributed by atoms with E-state index in [9.17, 15) is 0 Å². The van der Waals surface area contributed by atoms with Crippen LogP contribution in [0.2, 0.25) is 15.1 Å². The summed E-state index contributed by atoms with van der Waals surface area (Å²) in [6, 6.07) is 10.4. The van der Waals surface area contributed by atoms with Gasteiger partial charge in [0, 0.05) is 10.7 Å². The first-order chi connectivity index (χ1) is 12.0. The van der Waals surface area contributed by atoms with Crippen molar-refractivity contribution in [2.75, 3.05) is 17.7 Å². The van der Waals surface area contributed by atoms with Gasteiger partial charge in [0.05, 0.1) is 29.0 Å². The molecule has 3 rings (SSSR count). The van der Waals surface area contributed by atoms with E-state index in [-0.39, 0.29) is 5.95 Å². The van der Waals surface area contributed by atoms with Crippen molar-refractivity contribution in [1.29, 1.82) is 0 Å². The molecule has 0 saturated carbocycles. The Kier molecular flexibility index (Phi) is 5.43. The molecule has 0 bridgehead atoms. The van der Waals surface area contributed by atoms with Crippen LogP contribution in [0.25, 0.3) is 0 Å². The second-order valence-electron chi connectivity index (χ2n) is 4.89. The van der Waals surface area contributed by atoms with Crippen molar-refractivity contribution in [1.82, 2.24) is 15.2 Å². The minimum atomic E-state index is 0.286. The van der Waals surface area contributed by atoms with Crippen molar-refractivity contribution in [2.24, 2.45) is 0 Å². The van der Waals surface area contributed by atoms with Crippen LogP contribution in [0.4, 0.5) is 23.1 Å². The fourth-order valence-electron chi connectivity index (χ4n) is 2.02. The molecule has 0 aliphatic heterocycles. The summed E-state index contributed by atoms with van der Waals surface area (Å²) in [7, 11) is 1.56. The van der Waals surface area contributed by atoms with Gasteiger partial charge in [0.25, 0.3) is 0 Å². The van der Waals surface area contributed by atoms with Gasteiger partial charge in [-0.05, 0) is 36.4 Å². The third-order valence-corrected chi connectivity index (χ3v) is 4.00. The zero-order valence-electron chi connectivity index (χ0n) is 12.9. The van der Waals surface area contributed by atoms with Crippen LogP contribution in [0.1, 0.15) is 0 Å². The zero-order valence-corrected chi connectivity index (χ0v) is 15.2. The Labute approximate surface area is 159 Å². The maximum atomic E-state index is 6.13. The molecular weight excluding hydrogens is 385 g/mol. The van der Waals surface area contributed by atoms with Crippen molar-refractivity contribution in [3.05, 3.63) is 57.7 Å². The van der Waals surface area contributed by atoms with Crippen LogP contribution in [0.15, 0.2) is 42.6 Å². The van der Waals surface area contributed by atoms with E-state index in [4.69, 9.17) is 39.5 Å². The third kappa shape index (κ3) is 4.42. The number of benzene rings is 2. The van der Waals surface area contributed by atoms with E-state index in [1.807, 2.05) is 6.07 Å². The second-order valence-corrected chi connectivity index (χ2v) is 6.14. The number of hydrogen-bond donors (Lipinski definition) is 2. The van der Waals surface area contributed by atoms with Crippen LogP contribution in [-0.2, 0) is 0 Å². The van der Waals surface area contributed by atoms with Crippen molar-refractivity contribution >= 4 is 57.9 Å². The molecule has 0 amide bonds. The summed E-state index contributed by atoms with van der Waals surface area (Å²) in [5.74, 6) is 1.37. The van der Waals surface area contributed by atoms with Crippen LogP contribution in [0, 0.1) is 0 Å². The molecule has 0 saturated heterocycles. The fourth-order valence-corrected chi connectivity index (χ4v) is 2.73. The Bertz CT molecular complexity index is 907. The number of hydrogen-bond acceptors (Lipinski definition) is 6. The third-order valence-electron chi connectivity index (χ3n) is 3.16. The van der Waals surface area contributed by atoms with Crippen molar-refractivity contribution in [2.45, 2.75) is 0 Å². The van der Waals surface area contributed by atoms with E-state index in [2.05, 4.69) is 25.8 Å². The van der Waals surface area contributed by atoms with E-state index in [1.165, 1.54) is 6.20 Å². The Morgan fingerprint density at radius 3 is 2.52 bits per heavy atom. The molecule has 0 atom stereocenters. The van der Waals surface area contributed by atoms with Gasteiger partial charge in [-0.15, -0.1) is 5.10 Å². The predicted octanol–water partition coefficient (Wildman–Crippen LogP) is 5.33. The molecule has 0 unspecified atom stereocenters. The van der Waals surface area contributed by atoms with E-state index in [1.54, 1.807) is 37.4 Å². The summed E-state index contributed by atoms with van der Waals surface area (Å²) in [5, 5.41) is 15.4. The van der Waals surface area contributed by atoms with Crippen molar-refractivity contribution in [3.8, 4) is 5.75 Å². The number of nitrogens with one attached hydrogen (secondary N) is 2. The fraction of sp³-hybridized carbons (Fsp3) is 0.0625. The minimum Gasteiger partial charge on any atom is -0.495 e. The highest BCUT2D eigenvalue weighted by Crippen LogP contribution is 2.29. The number of halogens is 3. The standard InChI is InChI=1S/C16H12Cl3N5O/c1-25-14-5-3-10(7-12(14)19)21-15-8-20-24-16(23-15)22-13-4-2-9(17)6-11(13)18/h2-8H,1H3,(H2,21,22,23,24). The van der Waals surface area contributed by atoms with Crippen LogP contribution in [-0.4, -0.2) is 22.3 Å². The van der Waals surface area contributed by atoms with Crippen LogP contribution >= 0.6 is 34.8 Å². The number of anilines is 4. The molecule has 25 heavy (non-hydrogen) atoms. The van der Waals surface area contributed by atoms with E-state index in [0.717, 1.165) is 5.69 Å². The first kappa shape index (κ1) is 17.5. The summed E-state index contributed by atoms with van der Waals surface area (Å²) < 4.78 is 5.13. The molecule has 1 heterocycles. The van der Waals surface area contributed by atoms with Gasteiger partial charge in [0.1, 0.15) is 5.75 Å². The van der Waals surface area contributed by atoms with Crippen molar-refractivity contribution in [3.63, 3.8) is 0 Å². The van der Waals surface area contributed by atoms with Gasteiger partial charge in [0.15, 0.2) is 5.82 Å². The largest absolute Gasteiger partial charge is 0.495 e. The van der Waals surface area contributed by atoms with Gasteiger partial charge in [-0.3, -0.25) is 0 Å². The summed E-state index contributed by atoms with van der Waals surface area (Å²) in [6.45, 7) is 0. The molecular formula is C16H12Cl3N5O. The predicted molar refractivity (Wildman–Crippen MR) is 101 cm³/mol. The summed E-state index contributed by atoms with van der Waals surface area (Å²) >= 11 is 18.1. The van der Waals surface area contributed by atoms with Gasteiger partial charge >= 0.3 is 0 Å². The average molecular weight is 397 g/mol. The second kappa shape index (κ2) is 7.74. The van der Waals surface area contributed by atoms with Gasteiger partial charge in [0.2, 0.25) is 5.95 Å². The maximum absolute atomic E-state index is 6.13. The molecule has 0 radical (unpaired) electrons. The summed E-state index contributed by atoms with van der Waals surface area (Å²) in [5.41, 5.74) is 1.36. The Morgan fingerprint density at radius 1 is 0.960 bits per heavy atom. The maximum Gasteiger partial charge on any atom is 0.249 e. The van der Waals surface area contributed by atoms with Crippen LogP contribution in [0.3, 0.4) is 0 Å². The highest BCUT2D eigenvalue weighted by atomic mass is 35.5. The molecule has 1 aromatic heterocycles. The van der Waals surface area contributed by atoms with E-state index in [0.29, 0.717) is 32.3 Å². The van der Waals surface area contributed by atoms with Crippen molar-refractivity contribution < 1.29 is 4.74 Å². The lowest BCUT2D eigenvalue weighted by Gasteiger charge is -2.10. The lowest BCUT2D eigenvalue weighted by atomic mass is 10.3. The van der Waals surface area contributed by atoms with Gasteiger partial charge in [-0.25, -0.2) is 0 Å². The van der Waals surface area contributed by atoms with E-state index < -0.39 is 0 Å². The monoisotopic (exact) mass is 395 g/mol. The molecule has 0 spiro atoms. The molecule has 0 aliphatic rings. The normalized spacial score (nSPS) is 10.4. The first-order valence-corrected chi connectivity index (χ1v) is 8.21. The van der Waals surface area contributed by atoms with Gasteiger partial charge < -0.3 is 15.4 Å². The molecule has 2 N–H and O–H groups in total. The molecule has 0 fully saturated rings.